The molecule has 0 aliphatic heterocycles. The molecule has 2 aliphatic carbocycles. The minimum atomic E-state index is -1.74. The van der Waals surface area contributed by atoms with Crippen LogP contribution in [-0.4, -0.2) is 38.6 Å². The van der Waals surface area contributed by atoms with E-state index < -0.39 is 19.5 Å². The number of rotatable bonds is 8. The Bertz CT molecular complexity index is 1140. The van der Waals surface area contributed by atoms with Crippen LogP contribution < -0.4 is 14.2 Å². The summed E-state index contributed by atoms with van der Waals surface area (Å²) in [5, 5.41) is 0. The molecule has 1 fully saturated rings. The lowest BCUT2D eigenvalue weighted by molar-refractivity contribution is -0.168. The maximum absolute atomic E-state index is 12.9. The SMILES string of the molecule is [2H]C([2H])Oc1ccc(-c2cccc3c2CCC3=O)c(OCC2(C(=O)OC(C)C)CCC2)c1OC([2H])[2H]. The molecule has 0 bridgehead atoms. The highest BCUT2D eigenvalue weighted by molar-refractivity contribution is 6.02. The number of carbonyl (C=O) groups excluding carboxylic acids is 2. The van der Waals surface area contributed by atoms with E-state index >= 15 is 0 Å². The van der Waals surface area contributed by atoms with Gasteiger partial charge in [-0.1, -0.05) is 24.6 Å². The number of hydrogen-bond acceptors (Lipinski definition) is 6. The number of esters is 1. The molecule has 0 atom stereocenters. The second-order valence-electron chi connectivity index (χ2n) is 8.64. The first-order valence-corrected chi connectivity index (χ1v) is 10.8. The zero-order chi connectivity index (χ0) is 26.0. The molecule has 0 N–H and O–H groups in total. The zero-order valence-corrected chi connectivity index (χ0v) is 18.3. The van der Waals surface area contributed by atoms with Crippen LogP contribution in [0.3, 0.4) is 0 Å². The molecular formula is C26H30O6. The molecule has 6 nitrogen and oxygen atoms in total. The Morgan fingerprint density at radius 3 is 2.50 bits per heavy atom. The molecule has 2 aliphatic rings. The molecule has 1 saturated carbocycles. The van der Waals surface area contributed by atoms with Crippen molar-refractivity contribution in [2.24, 2.45) is 5.41 Å². The number of benzene rings is 2. The van der Waals surface area contributed by atoms with Gasteiger partial charge in [-0.3, -0.25) is 9.59 Å². The third kappa shape index (κ3) is 3.83. The largest absolute Gasteiger partial charge is 0.493 e. The highest BCUT2D eigenvalue weighted by atomic mass is 16.6. The number of hydrogen-bond donors (Lipinski definition) is 0. The molecule has 0 radical (unpaired) electrons. The second-order valence-corrected chi connectivity index (χ2v) is 8.64. The van der Waals surface area contributed by atoms with Crippen LogP contribution in [0.15, 0.2) is 30.3 Å². The van der Waals surface area contributed by atoms with E-state index in [1.807, 2.05) is 6.07 Å². The van der Waals surface area contributed by atoms with E-state index in [2.05, 4.69) is 0 Å². The number of ether oxygens (including phenoxy) is 4. The smallest absolute Gasteiger partial charge is 0.315 e. The molecule has 2 aromatic carbocycles. The minimum Gasteiger partial charge on any atom is -0.493 e. The molecule has 32 heavy (non-hydrogen) atoms. The highest BCUT2D eigenvalue weighted by Crippen LogP contribution is 2.49. The summed E-state index contributed by atoms with van der Waals surface area (Å²) in [5.41, 5.74) is 1.93. The normalized spacial score (nSPS) is 18.3. The van der Waals surface area contributed by atoms with Gasteiger partial charge in [0.15, 0.2) is 17.3 Å². The van der Waals surface area contributed by atoms with Crippen molar-refractivity contribution >= 4 is 11.8 Å². The van der Waals surface area contributed by atoms with Gasteiger partial charge in [0.25, 0.3) is 0 Å². The molecule has 0 heterocycles. The first-order valence-electron chi connectivity index (χ1n) is 13.1. The molecular weight excluding hydrogens is 408 g/mol. The summed E-state index contributed by atoms with van der Waals surface area (Å²) >= 11 is 0. The summed E-state index contributed by atoms with van der Waals surface area (Å²) in [7, 11) is -3.43. The number of ketones is 1. The van der Waals surface area contributed by atoms with Crippen molar-refractivity contribution in [2.45, 2.75) is 52.1 Å². The van der Waals surface area contributed by atoms with Gasteiger partial charge in [-0.2, -0.15) is 0 Å². The van der Waals surface area contributed by atoms with Crippen LogP contribution in [0.1, 0.15) is 60.9 Å². The second kappa shape index (κ2) is 8.85. The van der Waals surface area contributed by atoms with Crippen LogP contribution in [0, 0.1) is 5.41 Å². The Balaban J connectivity index is 1.81. The first-order chi connectivity index (χ1) is 17.1. The van der Waals surface area contributed by atoms with E-state index in [1.165, 1.54) is 6.07 Å². The fraction of sp³-hybridized carbons (Fsp3) is 0.462. The summed E-state index contributed by atoms with van der Waals surface area (Å²) in [4.78, 5) is 25.3. The van der Waals surface area contributed by atoms with Crippen LogP contribution in [0.5, 0.6) is 17.2 Å². The number of fused-ring (bicyclic) bond motifs is 1. The van der Waals surface area contributed by atoms with E-state index in [4.69, 9.17) is 24.4 Å². The zero-order valence-electron chi connectivity index (χ0n) is 22.3. The average Bonchev–Trinajstić information content (AvgIpc) is 3.15. The summed E-state index contributed by atoms with van der Waals surface area (Å²) < 4.78 is 52.9. The average molecular weight is 443 g/mol. The molecule has 0 spiro atoms. The van der Waals surface area contributed by atoms with E-state index in [-0.39, 0.29) is 41.7 Å². The molecule has 0 saturated heterocycles. The standard InChI is InChI=1S/C26H30O6/c1-16(2)32-25(28)26(13-6-14-26)15-31-23-20(10-12-22(29-3)24(23)30-4)17-7-5-8-19-18(17)9-11-21(19)27/h5,7-8,10,12,16H,6,9,11,13-15H2,1-4H3/i3D2,4D2. The van der Waals surface area contributed by atoms with E-state index in [9.17, 15) is 9.59 Å². The van der Waals surface area contributed by atoms with Crippen molar-refractivity contribution in [1.29, 1.82) is 0 Å². The Morgan fingerprint density at radius 2 is 1.81 bits per heavy atom. The van der Waals surface area contributed by atoms with E-state index in [0.717, 1.165) is 17.5 Å². The Labute approximate surface area is 194 Å². The summed E-state index contributed by atoms with van der Waals surface area (Å²) in [5.74, 6) is -0.277. The van der Waals surface area contributed by atoms with Gasteiger partial charge >= 0.3 is 5.97 Å². The van der Waals surface area contributed by atoms with E-state index in [1.54, 1.807) is 32.0 Å². The van der Waals surface area contributed by atoms with Gasteiger partial charge in [0.2, 0.25) is 5.75 Å². The van der Waals surface area contributed by atoms with Gasteiger partial charge in [-0.25, -0.2) is 0 Å². The Hall–Kier alpha value is -3.02. The lowest BCUT2D eigenvalue weighted by atomic mass is 9.69. The maximum Gasteiger partial charge on any atom is 0.315 e. The quantitative estimate of drug-likeness (QED) is 0.536. The molecule has 0 amide bonds. The van der Waals surface area contributed by atoms with E-state index in [0.29, 0.717) is 36.8 Å². The fourth-order valence-electron chi connectivity index (χ4n) is 4.41. The number of carbonyl (C=O) groups is 2. The Morgan fingerprint density at radius 1 is 1.03 bits per heavy atom. The van der Waals surface area contributed by atoms with Crippen LogP contribution >= 0.6 is 0 Å². The van der Waals surface area contributed by atoms with Gasteiger partial charge < -0.3 is 18.9 Å². The molecule has 6 heteroatoms. The van der Waals surface area contributed by atoms with Gasteiger partial charge in [-0.15, -0.1) is 0 Å². The first kappa shape index (κ1) is 17.5. The molecule has 170 valence electrons. The molecule has 0 unspecified atom stereocenters. The third-order valence-electron chi connectivity index (χ3n) is 6.27. The van der Waals surface area contributed by atoms with Crippen molar-refractivity contribution < 1.29 is 34.0 Å². The van der Waals surface area contributed by atoms with Gasteiger partial charge in [-0.05, 0) is 56.4 Å². The lowest BCUT2D eigenvalue weighted by Gasteiger charge is -2.39. The van der Waals surface area contributed by atoms with Crippen LogP contribution in [-0.2, 0) is 16.0 Å². The van der Waals surface area contributed by atoms with Crippen LogP contribution in [0.4, 0.5) is 0 Å². The van der Waals surface area contributed by atoms with Gasteiger partial charge in [0.1, 0.15) is 12.0 Å². The van der Waals surface area contributed by atoms with Crippen molar-refractivity contribution in [3.05, 3.63) is 41.5 Å². The molecule has 4 rings (SSSR count). The van der Waals surface area contributed by atoms with Crippen molar-refractivity contribution in [3.63, 3.8) is 0 Å². The topological polar surface area (TPSA) is 71.1 Å². The van der Waals surface area contributed by atoms with Gasteiger partial charge in [0, 0.05) is 17.5 Å². The van der Waals surface area contributed by atoms with Gasteiger partial charge in [0.05, 0.1) is 25.7 Å². The maximum atomic E-state index is 12.9. The fourth-order valence-corrected chi connectivity index (χ4v) is 4.41. The molecule has 0 aromatic heterocycles. The Kier molecular flexibility index (Phi) is 4.85. The summed E-state index contributed by atoms with van der Waals surface area (Å²) in [6.45, 7) is 3.55. The number of methoxy groups -OCH3 is 2. The van der Waals surface area contributed by atoms with Crippen molar-refractivity contribution in [3.8, 4) is 28.4 Å². The third-order valence-corrected chi connectivity index (χ3v) is 6.27. The predicted octanol–water partition coefficient (Wildman–Crippen LogP) is 5.00. The predicted molar refractivity (Wildman–Crippen MR) is 121 cm³/mol. The molecule has 2 aromatic rings. The lowest BCUT2D eigenvalue weighted by Crippen LogP contribution is -2.45. The highest BCUT2D eigenvalue weighted by Gasteiger charge is 2.47. The minimum absolute atomic E-state index is 0.0227. The summed E-state index contributed by atoms with van der Waals surface area (Å²) in [6.07, 6.45) is 2.73. The monoisotopic (exact) mass is 442 g/mol. The van der Waals surface area contributed by atoms with Crippen molar-refractivity contribution in [2.75, 3.05) is 20.7 Å². The number of Topliss-reactive ketones (excluding diaryl/α,β-unsaturated/α-hetero) is 1. The van der Waals surface area contributed by atoms with Crippen molar-refractivity contribution in [1.82, 2.24) is 0 Å². The summed E-state index contributed by atoms with van der Waals surface area (Å²) in [6, 6.07) is 8.59. The van der Waals surface area contributed by atoms with Crippen LogP contribution in [0.2, 0.25) is 0 Å². The van der Waals surface area contributed by atoms with Crippen LogP contribution in [0.25, 0.3) is 11.1 Å².